The number of fused-ring (bicyclic) bond motifs is 1. The molecule has 3 aliphatic heterocycles. The Morgan fingerprint density at radius 1 is 1.23 bits per heavy atom. The predicted octanol–water partition coefficient (Wildman–Crippen LogP) is 2.18. The topological polar surface area (TPSA) is 81.2 Å². The quantitative estimate of drug-likeness (QED) is 0.558. The van der Waals surface area contributed by atoms with Crippen LogP contribution in [0.15, 0.2) is 36.5 Å². The van der Waals surface area contributed by atoms with Crippen molar-refractivity contribution < 1.29 is 19.0 Å². The van der Waals surface area contributed by atoms with Crippen molar-refractivity contribution in [3.8, 4) is 0 Å². The van der Waals surface area contributed by atoms with Crippen LogP contribution in [0.4, 0.5) is 10.1 Å². The molecule has 212 valence electrons. The number of rotatable bonds is 7. The summed E-state index contributed by atoms with van der Waals surface area (Å²) in [6.45, 7) is 13.7. The van der Waals surface area contributed by atoms with E-state index in [1.807, 2.05) is 18.0 Å². The maximum atomic E-state index is 13.9. The highest BCUT2D eigenvalue weighted by Crippen LogP contribution is 2.40. The Morgan fingerprint density at radius 3 is 2.74 bits per heavy atom. The summed E-state index contributed by atoms with van der Waals surface area (Å²) in [4.78, 5) is 25.2. The van der Waals surface area contributed by atoms with Crippen LogP contribution >= 0.6 is 0 Å². The van der Waals surface area contributed by atoms with Crippen LogP contribution in [0.5, 0.6) is 0 Å². The number of aliphatic hydroxyl groups is 1. The molecule has 8 nitrogen and oxygen atoms in total. The molecule has 4 heterocycles. The Bertz CT molecular complexity index is 1180. The fourth-order valence-corrected chi connectivity index (χ4v) is 6.14. The normalized spacial score (nSPS) is 27.5. The van der Waals surface area contributed by atoms with Crippen LogP contribution in [0, 0.1) is 5.82 Å². The fraction of sp³-hybridized carbons (Fsp3) is 0.600. The number of piperazine rings is 1. The van der Waals surface area contributed by atoms with Gasteiger partial charge < -0.3 is 20.1 Å². The minimum absolute atomic E-state index is 0.0371. The van der Waals surface area contributed by atoms with Crippen molar-refractivity contribution >= 4 is 11.6 Å². The standard InChI is InChI=1S/C30H42FN5O3/c1-21-15-34(25(14-32-21)16-35-9-10-39-20-30(35,4)19-37)17-27(38)36-18-29(2,3)28-26(36)12-23(13-33-28)11-22-5-7-24(31)8-6-22/h5-8,12-13,21,25,32,37H,9-11,14-20H2,1-4H3/t21-,25+,30?/m1/s1. The van der Waals surface area contributed by atoms with E-state index >= 15 is 0 Å². The molecule has 2 saturated heterocycles. The van der Waals surface area contributed by atoms with Gasteiger partial charge in [-0.1, -0.05) is 26.0 Å². The third-order valence-corrected chi connectivity index (χ3v) is 8.55. The van der Waals surface area contributed by atoms with Crippen LogP contribution in [0.1, 0.15) is 44.5 Å². The van der Waals surface area contributed by atoms with Crippen molar-refractivity contribution in [2.75, 3.05) is 64.0 Å². The number of hydrogen-bond donors (Lipinski definition) is 2. The van der Waals surface area contributed by atoms with Crippen molar-refractivity contribution in [2.24, 2.45) is 0 Å². The minimum Gasteiger partial charge on any atom is -0.394 e. The molecule has 0 saturated carbocycles. The average molecular weight is 540 g/mol. The molecule has 3 aliphatic rings. The molecule has 0 bridgehead atoms. The molecular formula is C30H42FN5O3. The molecule has 1 aromatic heterocycles. The maximum Gasteiger partial charge on any atom is 0.241 e. The SMILES string of the molecule is C[C@@H]1CN(CC(=O)N2CC(C)(C)c3ncc(Cc4ccc(F)cc4)cc32)[C@H](CN2CCOCC2(C)CO)CN1. The van der Waals surface area contributed by atoms with Gasteiger partial charge in [-0.2, -0.15) is 0 Å². The van der Waals surface area contributed by atoms with Crippen LogP contribution in [0.25, 0.3) is 0 Å². The van der Waals surface area contributed by atoms with Gasteiger partial charge in [-0.3, -0.25) is 19.6 Å². The number of ether oxygens (including phenoxy) is 1. The first-order valence-electron chi connectivity index (χ1n) is 14.0. The van der Waals surface area contributed by atoms with Gasteiger partial charge in [-0.25, -0.2) is 4.39 Å². The molecule has 0 radical (unpaired) electrons. The van der Waals surface area contributed by atoms with Crippen LogP contribution < -0.4 is 10.2 Å². The highest BCUT2D eigenvalue weighted by Gasteiger charge is 2.42. The van der Waals surface area contributed by atoms with E-state index in [1.165, 1.54) is 12.1 Å². The molecule has 1 aromatic carbocycles. The second kappa shape index (κ2) is 11.2. The minimum atomic E-state index is -0.415. The molecule has 2 N–H and O–H groups in total. The Hall–Kier alpha value is -2.43. The number of morpholine rings is 1. The summed E-state index contributed by atoms with van der Waals surface area (Å²) in [6, 6.07) is 9.03. The molecule has 1 amide bonds. The van der Waals surface area contributed by atoms with Crippen molar-refractivity contribution in [1.82, 2.24) is 20.1 Å². The summed E-state index contributed by atoms with van der Waals surface area (Å²) in [6.07, 6.45) is 2.51. The lowest BCUT2D eigenvalue weighted by Gasteiger charge is -2.48. The zero-order valence-electron chi connectivity index (χ0n) is 23.6. The van der Waals surface area contributed by atoms with Gasteiger partial charge in [0, 0.05) is 56.4 Å². The summed E-state index contributed by atoms with van der Waals surface area (Å²) >= 11 is 0. The largest absolute Gasteiger partial charge is 0.394 e. The zero-order chi connectivity index (χ0) is 27.8. The first-order valence-corrected chi connectivity index (χ1v) is 14.0. The molecule has 0 aliphatic carbocycles. The van der Waals surface area contributed by atoms with Crippen LogP contribution in [-0.4, -0.2) is 103 Å². The van der Waals surface area contributed by atoms with E-state index < -0.39 is 5.54 Å². The number of hydrogen-bond acceptors (Lipinski definition) is 7. The van der Waals surface area contributed by atoms with E-state index in [9.17, 15) is 14.3 Å². The van der Waals surface area contributed by atoms with Gasteiger partial charge in [0.25, 0.3) is 0 Å². The van der Waals surface area contributed by atoms with E-state index in [-0.39, 0.29) is 35.8 Å². The number of benzene rings is 1. The highest BCUT2D eigenvalue weighted by molar-refractivity contribution is 5.97. The molecular weight excluding hydrogens is 497 g/mol. The van der Waals surface area contributed by atoms with E-state index in [1.54, 1.807) is 12.1 Å². The molecule has 39 heavy (non-hydrogen) atoms. The summed E-state index contributed by atoms with van der Waals surface area (Å²) in [5, 5.41) is 13.7. The van der Waals surface area contributed by atoms with Crippen LogP contribution in [0.2, 0.25) is 0 Å². The number of aliphatic hydroxyl groups excluding tert-OH is 1. The number of anilines is 1. The Kier molecular flexibility index (Phi) is 8.08. The number of pyridine rings is 1. The van der Waals surface area contributed by atoms with Gasteiger partial charge in [0.05, 0.1) is 43.3 Å². The highest BCUT2D eigenvalue weighted by atomic mass is 19.1. The van der Waals surface area contributed by atoms with Crippen molar-refractivity contribution in [3.05, 3.63) is 59.2 Å². The van der Waals surface area contributed by atoms with Gasteiger partial charge in [-0.15, -0.1) is 0 Å². The number of halogens is 1. The van der Waals surface area contributed by atoms with Gasteiger partial charge in [0.15, 0.2) is 0 Å². The molecule has 0 spiro atoms. The van der Waals surface area contributed by atoms with Gasteiger partial charge in [-0.05, 0) is 49.6 Å². The number of carbonyl (C=O) groups excluding carboxylic acids is 1. The molecule has 1 unspecified atom stereocenters. The number of amides is 1. The van der Waals surface area contributed by atoms with Crippen molar-refractivity contribution in [1.29, 1.82) is 0 Å². The molecule has 9 heteroatoms. The number of carbonyl (C=O) groups is 1. The lowest BCUT2D eigenvalue weighted by Crippen LogP contribution is -2.65. The Balaban J connectivity index is 1.33. The molecule has 3 atom stereocenters. The van der Waals surface area contributed by atoms with Crippen LogP contribution in [0.3, 0.4) is 0 Å². The zero-order valence-corrected chi connectivity index (χ0v) is 23.6. The van der Waals surface area contributed by atoms with Gasteiger partial charge in [0.1, 0.15) is 5.82 Å². The van der Waals surface area contributed by atoms with Crippen LogP contribution in [-0.2, 0) is 21.4 Å². The smallest absolute Gasteiger partial charge is 0.241 e. The Morgan fingerprint density at radius 2 is 2.00 bits per heavy atom. The maximum absolute atomic E-state index is 13.9. The lowest BCUT2D eigenvalue weighted by atomic mass is 9.91. The second-order valence-electron chi connectivity index (χ2n) is 12.4. The third-order valence-electron chi connectivity index (χ3n) is 8.55. The second-order valence-corrected chi connectivity index (χ2v) is 12.4. The summed E-state index contributed by atoms with van der Waals surface area (Å²) in [5.41, 5.74) is 3.17. The number of nitrogens with one attached hydrogen (secondary N) is 1. The van der Waals surface area contributed by atoms with Crippen molar-refractivity contribution in [2.45, 2.75) is 57.2 Å². The number of nitrogens with zero attached hydrogens (tertiary/aromatic N) is 4. The molecule has 2 aromatic rings. The van der Waals surface area contributed by atoms with E-state index in [0.717, 1.165) is 48.7 Å². The lowest BCUT2D eigenvalue weighted by molar-refractivity contribution is -0.122. The van der Waals surface area contributed by atoms with E-state index in [4.69, 9.17) is 9.72 Å². The first-order chi connectivity index (χ1) is 18.6. The average Bonchev–Trinajstić information content (AvgIpc) is 3.18. The molecule has 2 fully saturated rings. The van der Waals surface area contributed by atoms with Gasteiger partial charge >= 0.3 is 0 Å². The first kappa shape index (κ1) is 28.1. The molecule has 5 rings (SSSR count). The monoisotopic (exact) mass is 539 g/mol. The van der Waals surface area contributed by atoms with Crippen molar-refractivity contribution in [3.63, 3.8) is 0 Å². The number of aromatic nitrogens is 1. The summed E-state index contributed by atoms with van der Waals surface area (Å²) in [7, 11) is 0. The van der Waals surface area contributed by atoms with E-state index in [0.29, 0.717) is 32.7 Å². The summed E-state index contributed by atoms with van der Waals surface area (Å²) in [5.74, 6) is -0.173. The fourth-order valence-electron chi connectivity index (χ4n) is 6.14. The van der Waals surface area contributed by atoms with E-state index in [2.05, 4.69) is 42.0 Å². The third kappa shape index (κ3) is 6.02. The predicted molar refractivity (Wildman–Crippen MR) is 150 cm³/mol. The Labute approximate surface area is 231 Å². The van der Waals surface area contributed by atoms with Gasteiger partial charge in [0.2, 0.25) is 5.91 Å². The summed E-state index contributed by atoms with van der Waals surface area (Å²) < 4.78 is 19.0.